The van der Waals surface area contributed by atoms with Gasteiger partial charge in [-0.15, -0.1) is 0 Å². The number of hydrogen-bond acceptors (Lipinski definition) is 4. The zero-order valence-electron chi connectivity index (χ0n) is 6.61. The minimum absolute atomic E-state index is 0.0653. The molecule has 4 N–H and O–H groups in total. The predicted molar refractivity (Wildman–Crippen MR) is 45.9 cm³/mol. The first-order chi connectivity index (χ1) is 6.19. The van der Waals surface area contributed by atoms with Crippen molar-refractivity contribution < 1.29 is 9.90 Å². The fourth-order valence-electron chi connectivity index (χ4n) is 0.896. The van der Waals surface area contributed by atoms with E-state index in [0.717, 1.165) is 0 Å². The number of benzene rings is 1. The maximum atomic E-state index is 10.5. The molecule has 0 aliphatic carbocycles. The van der Waals surface area contributed by atoms with E-state index in [1.807, 2.05) is 6.07 Å². The number of anilines is 1. The van der Waals surface area contributed by atoms with E-state index in [4.69, 9.17) is 16.2 Å². The minimum atomic E-state index is -1.07. The van der Waals surface area contributed by atoms with Crippen molar-refractivity contribution in [3.8, 4) is 6.07 Å². The second-order valence-corrected chi connectivity index (χ2v) is 2.32. The standard InChI is InChI=1S/C8H7N3O2/c9-4-6-3-5(8(12)13)1-2-7(6)11-10/h1-3,11H,10H2,(H,12,13). The van der Waals surface area contributed by atoms with E-state index in [1.54, 1.807) is 0 Å². The van der Waals surface area contributed by atoms with Crippen LogP contribution in [0.3, 0.4) is 0 Å². The summed E-state index contributed by atoms with van der Waals surface area (Å²) in [6.07, 6.45) is 0. The number of hydrazine groups is 1. The van der Waals surface area contributed by atoms with Crippen LogP contribution < -0.4 is 11.3 Å². The molecule has 0 saturated carbocycles. The van der Waals surface area contributed by atoms with E-state index in [9.17, 15) is 4.79 Å². The molecule has 5 nitrogen and oxygen atoms in total. The highest BCUT2D eigenvalue weighted by Gasteiger charge is 2.06. The SMILES string of the molecule is N#Cc1cc(C(=O)O)ccc1NN. The number of rotatable bonds is 2. The molecule has 1 aromatic rings. The Balaban J connectivity index is 3.23. The molecule has 0 aliphatic heterocycles. The van der Waals surface area contributed by atoms with E-state index in [1.165, 1.54) is 18.2 Å². The van der Waals surface area contributed by atoms with Crippen LogP contribution in [0.2, 0.25) is 0 Å². The van der Waals surface area contributed by atoms with Gasteiger partial charge in [0.25, 0.3) is 0 Å². The van der Waals surface area contributed by atoms with E-state index in [0.29, 0.717) is 5.69 Å². The van der Waals surface area contributed by atoms with Crippen molar-refractivity contribution in [1.82, 2.24) is 0 Å². The summed E-state index contributed by atoms with van der Waals surface area (Å²) < 4.78 is 0. The summed E-state index contributed by atoms with van der Waals surface area (Å²) in [5, 5.41) is 17.2. The van der Waals surface area contributed by atoms with Gasteiger partial charge in [-0.2, -0.15) is 5.26 Å². The first-order valence-corrected chi connectivity index (χ1v) is 3.43. The second-order valence-electron chi connectivity index (χ2n) is 2.32. The van der Waals surface area contributed by atoms with Gasteiger partial charge >= 0.3 is 5.97 Å². The molecule has 0 heterocycles. The first kappa shape index (κ1) is 9.03. The van der Waals surface area contributed by atoms with Gasteiger partial charge in [-0.25, -0.2) is 4.79 Å². The summed E-state index contributed by atoms with van der Waals surface area (Å²) in [7, 11) is 0. The van der Waals surface area contributed by atoms with Gasteiger partial charge in [0, 0.05) is 0 Å². The van der Waals surface area contributed by atoms with Crippen molar-refractivity contribution in [2.75, 3.05) is 5.43 Å². The number of carbonyl (C=O) groups is 1. The molecule has 0 amide bonds. The molecule has 1 aromatic carbocycles. The molecule has 0 aromatic heterocycles. The number of hydrogen-bond donors (Lipinski definition) is 3. The average molecular weight is 177 g/mol. The number of aromatic carboxylic acids is 1. The van der Waals surface area contributed by atoms with Crippen LogP contribution in [0.4, 0.5) is 5.69 Å². The highest BCUT2D eigenvalue weighted by atomic mass is 16.4. The Labute approximate surface area is 74.4 Å². The quantitative estimate of drug-likeness (QED) is 0.452. The lowest BCUT2D eigenvalue weighted by atomic mass is 10.1. The van der Waals surface area contributed by atoms with Crippen LogP contribution in [0.1, 0.15) is 15.9 Å². The molecular weight excluding hydrogens is 170 g/mol. The number of nitrogens with zero attached hydrogens (tertiary/aromatic N) is 1. The van der Waals surface area contributed by atoms with Gasteiger partial charge in [0.15, 0.2) is 0 Å². The number of carboxylic acids is 1. The number of carboxylic acid groups (broad SMARTS) is 1. The van der Waals surface area contributed by atoms with Gasteiger partial charge < -0.3 is 10.5 Å². The largest absolute Gasteiger partial charge is 0.478 e. The van der Waals surface area contributed by atoms with Crippen LogP contribution in [0.15, 0.2) is 18.2 Å². The summed E-state index contributed by atoms with van der Waals surface area (Å²) in [5.74, 6) is 4.03. The monoisotopic (exact) mass is 177 g/mol. The van der Waals surface area contributed by atoms with Crippen LogP contribution in [0.25, 0.3) is 0 Å². The number of nitriles is 1. The van der Waals surface area contributed by atoms with Gasteiger partial charge in [-0.1, -0.05) is 0 Å². The van der Waals surface area contributed by atoms with E-state index < -0.39 is 5.97 Å². The molecular formula is C8H7N3O2. The van der Waals surface area contributed by atoms with Gasteiger partial charge in [0.1, 0.15) is 6.07 Å². The molecule has 0 atom stereocenters. The van der Waals surface area contributed by atoms with Gasteiger partial charge in [0.05, 0.1) is 16.8 Å². The molecule has 5 heteroatoms. The van der Waals surface area contributed by atoms with Crippen molar-refractivity contribution in [3.63, 3.8) is 0 Å². The van der Waals surface area contributed by atoms with Crippen LogP contribution in [0, 0.1) is 11.3 Å². The third-order valence-electron chi connectivity index (χ3n) is 1.54. The smallest absolute Gasteiger partial charge is 0.335 e. The highest BCUT2D eigenvalue weighted by molar-refractivity contribution is 5.89. The van der Waals surface area contributed by atoms with E-state index in [2.05, 4.69) is 5.43 Å². The van der Waals surface area contributed by atoms with Crippen molar-refractivity contribution >= 4 is 11.7 Å². The molecule has 0 fully saturated rings. The van der Waals surface area contributed by atoms with E-state index in [-0.39, 0.29) is 11.1 Å². The molecule has 0 radical (unpaired) electrons. The maximum absolute atomic E-state index is 10.5. The Bertz CT molecular complexity index is 381. The fourth-order valence-corrected chi connectivity index (χ4v) is 0.896. The molecule has 13 heavy (non-hydrogen) atoms. The summed E-state index contributed by atoms with van der Waals surface area (Å²) >= 11 is 0. The molecule has 0 unspecified atom stereocenters. The topological polar surface area (TPSA) is 99.1 Å². The van der Waals surface area contributed by atoms with E-state index >= 15 is 0 Å². The Morgan fingerprint density at radius 1 is 1.62 bits per heavy atom. The zero-order chi connectivity index (χ0) is 9.84. The average Bonchev–Trinajstić information content (AvgIpc) is 2.16. The van der Waals surface area contributed by atoms with Crippen molar-refractivity contribution in [2.45, 2.75) is 0 Å². The summed E-state index contributed by atoms with van der Waals surface area (Å²) in [6.45, 7) is 0. The first-order valence-electron chi connectivity index (χ1n) is 3.43. The highest BCUT2D eigenvalue weighted by Crippen LogP contribution is 2.15. The molecule has 0 saturated heterocycles. The van der Waals surface area contributed by atoms with Crippen LogP contribution in [-0.2, 0) is 0 Å². The van der Waals surface area contributed by atoms with Crippen LogP contribution in [-0.4, -0.2) is 11.1 Å². The summed E-state index contributed by atoms with van der Waals surface area (Å²) in [5.41, 5.74) is 2.98. The van der Waals surface area contributed by atoms with Crippen LogP contribution >= 0.6 is 0 Å². The third kappa shape index (κ3) is 1.75. The fraction of sp³-hybridized carbons (Fsp3) is 0. The van der Waals surface area contributed by atoms with Gasteiger partial charge in [-0.3, -0.25) is 5.84 Å². The molecule has 66 valence electrons. The molecule has 0 spiro atoms. The maximum Gasteiger partial charge on any atom is 0.335 e. The molecule has 1 rings (SSSR count). The Kier molecular flexibility index (Phi) is 2.47. The lowest BCUT2D eigenvalue weighted by Gasteiger charge is -2.02. The van der Waals surface area contributed by atoms with Crippen molar-refractivity contribution in [1.29, 1.82) is 5.26 Å². The lowest BCUT2D eigenvalue weighted by molar-refractivity contribution is 0.0697. The number of nitrogens with one attached hydrogen (secondary N) is 1. The minimum Gasteiger partial charge on any atom is -0.478 e. The van der Waals surface area contributed by atoms with Gasteiger partial charge in [-0.05, 0) is 18.2 Å². The summed E-state index contributed by atoms with van der Waals surface area (Å²) in [6, 6.07) is 5.92. The second kappa shape index (κ2) is 3.56. The number of nitrogen functional groups attached to an aromatic ring is 1. The number of nitrogens with two attached hydrogens (primary N) is 1. The lowest BCUT2D eigenvalue weighted by Crippen LogP contribution is -2.09. The van der Waals surface area contributed by atoms with Crippen molar-refractivity contribution in [3.05, 3.63) is 29.3 Å². The third-order valence-corrected chi connectivity index (χ3v) is 1.54. The normalized spacial score (nSPS) is 8.92. The molecule has 0 aliphatic rings. The summed E-state index contributed by atoms with van der Waals surface area (Å²) in [4.78, 5) is 10.5. The van der Waals surface area contributed by atoms with Crippen molar-refractivity contribution in [2.24, 2.45) is 5.84 Å². The zero-order valence-corrected chi connectivity index (χ0v) is 6.61. The Hall–Kier alpha value is -2.06. The predicted octanol–water partition coefficient (Wildman–Crippen LogP) is 0.542. The Morgan fingerprint density at radius 3 is 2.77 bits per heavy atom. The van der Waals surface area contributed by atoms with Gasteiger partial charge in [0.2, 0.25) is 0 Å². The molecule has 0 bridgehead atoms. The van der Waals surface area contributed by atoms with Crippen LogP contribution in [0.5, 0.6) is 0 Å². The Morgan fingerprint density at radius 2 is 2.31 bits per heavy atom.